The number of anilines is 2. The highest BCUT2D eigenvalue weighted by molar-refractivity contribution is 5.35. The number of fused-ring (bicyclic) bond motifs is 1. The maximum absolute atomic E-state index is 12.6. The van der Waals surface area contributed by atoms with Gasteiger partial charge in [0.05, 0.1) is 0 Å². The van der Waals surface area contributed by atoms with Crippen LogP contribution in [-0.4, -0.2) is 27.2 Å². The van der Waals surface area contributed by atoms with Crippen molar-refractivity contribution < 1.29 is 8.78 Å². The lowest BCUT2D eigenvalue weighted by atomic mass is 10.1. The lowest BCUT2D eigenvalue weighted by molar-refractivity contribution is 0.0667. The molecule has 0 aliphatic carbocycles. The summed E-state index contributed by atoms with van der Waals surface area (Å²) in [6.07, 6.45) is -2.12. The molecular weight excluding hydrogens is 192 g/mol. The molecule has 2 rings (SSSR count). The molecule has 3 N–H and O–H groups in total. The predicted molar refractivity (Wildman–Crippen MR) is 47.2 cm³/mol. The van der Waals surface area contributed by atoms with Gasteiger partial charge in [0.15, 0.2) is 0 Å². The van der Waals surface area contributed by atoms with E-state index in [1.807, 2.05) is 6.92 Å². The van der Waals surface area contributed by atoms with E-state index < -0.39 is 12.5 Å². The highest BCUT2D eigenvalue weighted by Gasteiger charge is 2.32. The number of hydrogen-bond acceptors (Lipinski definition) is 4. The fourth-order valence-electron chi connectivity index (χ4n) is 1.62. The summed E-state index contributed by atoms with van der Waals surface area (Å²) in [7, 11) is 0. The van der Waals surface area contributed by atoms with E-state index in [0.29, 0.717) is 12.4 Å². The predicted octanol–water partition coefficient (Wildman–Crippen LogP) is 0.871. The van der Waals surface area contributed by atoms with Crippen molar-refractivity contribution in [2.45, 2.75) is 31.9 Å². The molecule has 0 spiro atoms. The minimum Gasteiger partial charge on any atom is -0.366 e. The summed E-state index contributed by atoms with van der Waals surface area (Å²) >= 11 is 0. The normalized spacial score (nSPS) is 26.0. The molecule has 78 valence electrons. The van der Waals surface area contributed by atoms with Gasteiger partial charge < -0.3 is 11.1 Å². The van der Waals surface area contributed by atoms with Crippen LogP contribution in [0.3, 0.4) is 0 Å². The summed E-state index contributed by atoms with van der Waals surface area (Å²) in [6.45, 7) is 1.82. The first-order chi connectivity index (χ1) is 6.58. The second kappa shape index (κ2) is 3.07. The number of alkyl halides is 2. The Morgan fingerprint density at radius 1 is 1.64 bits per heavy atom. The van der Waals surface area contributed by atoms with Gasteiger partial charge >= 0.3 is 0 Å². The molecule has 1 aromatic rings. The SMILES string of the molecule is CC1CC(C(F)F)n2nc(N)nc2N1. The Kier molecular flexibility index (Phi) is 2.01. The Labute approximate surface area is 79.3 Å². The number of rotatable bonds is 1. The number of aromatic nitrogens is 3. The molecule has 2 atom stereocenters. The van der Waals surface area contributed by atoms with Crippen molar-refractivity contribution in [1.82, 2.24) is 14.8 Å². The van der Waals surface area contributed by atoms with Crippen molar-refractivity contribution in [1.29, 1.82) is 0 Å². The molecule has 1 aliphatic heterocycles. The van der Waals surface area contributed by atoms with Gasteiger partial charge in [0.25, 0.3) is 6.43 Å². The number of nitrogens with one attached hydrogen (secondary N) is 1. The summed E-state index contributed by atoms with van der Waals surface area (Å²) in [6, 6.07) is -0.962. The first-order valence-electron chi connectivity index (χ1n) is 4.34. The van der Waals surface area contributed by atoms with Crippen LogP contribution in [-0.2, 0) is 0 Å². The van der Waals surface area contributed by atoms with Gasteiger partial charge in [0.1, 0.15) is 6.04 Å². The Bertz CT molecular complexity index is 337. The van der Waals surface area contributed by atoms with Gasteiger partial charge in [-0.05, 0) is 13.3 Å². The zero-order chi connectivity index (χ0) is 10.3. The molecule has 2 heterocycles. The van der Waals surface area contributed by atoms with E-state index in [9.17, 15) is 8.78 Å². The van der Waals surface area contributed by atoms with Crippen LogP contribution >= 0.6 is 0 Å². The van der Waals surface area contributed by atoms with Gasteiger partial charge in [0, 0.05) is 6.04 Å². The summed E-state index contributed by atoms with van der Waals surface area (Å²) in [5.74, 6) is 0.346. The Balaban J connectivity index is 2.37. The third kappa shape index (κ3) is 1.38. The highest BCUT2D eigenvalue weighted by Crippen LogP contribution is 2.30. The smallest absolute Gasteiger partial charge is 0.260 e. The maximum Gasteiger partial charge on any atom is 0.260 e. The molecule has 0 radical (unpaired) electrons. The van der Waals surface area contributed by atoms with Crippen molar-refractivity contribution in [2.75, 3.05) is 11.1 Å². The summed E-state index contributed by atoms with van der Waals surface area (Å²) in [4.78, 5) is 3.82. The van der Waals surface area contributed by atoms with Crippen LogP contribution in [0.5, 0.6) is 0 Å². The molecule has 5 nitrogen and oxygen atoms in total. The van der Waals surface area contributed by atoms with Crippen molar-refractivity contribution >= 4 is 11.9 Å². The van der Waals surface area contributed by atoms with E-state index in [-0.39, 0.29) is 12.0 Å². The molecule has 0 fully saturated rings. The van der Waals surface area contributed by atoms with Crippen molar-refractivity contribution in [3.05, 3.63) is 0 Å². The minimum atomic E-state index is -2.45. The summed E-state index contributed by atoms with van der Waals surface area (Å²) in [5.41, 5.74) is 5.34. The lowest BCUT2D eigenvalue weighted by Crippen LogP contribution is -2.33. The van der Waals surface area contributed by atoms with Gasteiger partial charge in [-0.1, -0.05) is 0 Å². The molecule has 0 bridgehead atoms. The maximum atomic E-state index is 12.6. The first-order valence-corrected chi connectivity index (χ1v) is 4.34. The van der Waals surface area contributed by atoms with Crippen LogP contribution < -0.4 is 11.1 Å². The molecule has 0 saturated carbocycles. The third-order valence-corrected chi connectivity index (χ3v) is 2.22. The number of nitrogen functional groups attached to an aromatic ring is 1. The average molecular weight is 203 g/mol. The van der Waals surface area contributed by atoms with Crippen molar-refractivity contribution in [2.24, 2.45) is 0 Å². The van der Waals surface area contributed by atoms with Gasteiger partial charge in [-0.15, -0.1) is 5.10 Å². The summed E-state index contributed by atoms with van der Waals surface area (Å²) in [5, 5.41) is 6.67. The monoisotopic (exact) mass is 203 g/mol. The lowest BCUT2D eigenvalue weighted by Gasteiger charge is -2.28. The van der Waals surface area contributed by atoms with Gasteiger partial charge in [-0.25, -0.2) is 13.5 Å². The standard InChI is InChI=1S/C7H11F2N5/c1-3-2-4(5(8)9)14-7(11-3)12-6(10)13-14/h3-5H,2H2,1H3,(H3,10,11,12,13). The van der Waals surface area contributed by atoms with Crippen LogP contribution in [0.1, 0.15) is 19.4 Å². The van der Waals surface area contributed by atoms with Crippen LogP contribution in [0.2, 0.25) is 0 Å². The molecule has 0 aromatic carbocycles. The van der Waals surface area contributed by atoms with E-state index in [0.717, 1.165) is 0 Å². The van der Waals surface area contributed by atoms with Gasteiger partial charge in [0.2, 0.25) is 11.9 Å². The second-order valence-corrected chi connectivity index (χ2v) is 3.42. The number of hydrogen-bond donors (Lipinski definition) is 2. The quantitative estimate of drug-likeness (QED) is 0.710. The zero-order valence-electron chi connectivity index (χ0n) is 7.61. The van der Waals surface area contributed by atoms with Crippen molar-refractivity contribution in [3.8, 4) is 0 Å². The Morgan fingerprint density at radius 3 is 3.00 bits per heavy atom. The number of nitrogens with two attached hydrogens (primary N) is 1. The molecule has 1 aliphatic rings. The molecule has 0 saturated heterocycles. The van der Waals surface area contributed by atoms with Crippen LogP contribution in [0.25, 0.3) is 0 Å². The van der Waals surface area contributed by atoms with Crippen molar-refractivity contribution in [3.63, 3.8) is 0 Å². The summed E-state index contributed by atoms with van der Waals surface area (Å²) < 4.78 is 26.4. The average Bonchev–Trinajstić information content (AvgIpc) is 2.42. The zero-order valence-corrected chi connectivity index (χ0v) is 7.61. The Morgan fingerprint density at radius 2 is 2.36 bits per heavy atom. The van der Waals surface area contributed by atoms with Crippen LogP contribution in [0.4, 0.5) is 20.7 Å². The molecule has 1 aromatic heterocycles. The van der Waals surface area contributed by atoms with Crippen LogP contribution in [0, 0.1) is 0 Å². The molecule has 14 heavy (non-hydrogen) atoms. The van der Waals surface area contributed by atoms with Gasteiger partial charge in [-0.2, -0.15) is 4.98 Å². The third-order valence-electron chi connectivity index (χ3n) is 2.22. The topological polar surface area (TPSA) is 68.8 Å². The van der Waals surface area contributed by atoms with Gasteiger partial charge in [-0.3, -0.25) is 0 Å². The number of nitrogens with zero attached hydrogens (tertiary/aromatic N) is 3. The Hall–Kier alpha value is -1.40. The van der Waals surface area contributed by atoms with E-state index >= 15 is 0 Å². The fraction of sp³-hybridized carbons (Fsp3) is 0.714. The first kappa shape index (κ1) is 9.17. The molecule has 0 amide bonds. The van der Waals surface area contributed by atoms with Crippen LogP contribution in [0.15, 0.2) is 0 Å². The largest absolute Gasteiger partial charge is 0.366 e. The second-order valence-electron chi connectivity index (χ2n) is 3.42. The van der Waals surface area contributed by atoms with E-state index in [1.54, 1.807) is 0 Å². The molecule has 2 unspecified atom stereocenters. The van der Waals surface area contributed by atoms with E-state index in [2.05, 4.69) is 15.4 Å². The number of halogens is 2. The highest BCUT2D eigenvalue weighted by atomic mass is 19.3. The molecule has 7 heteroatoms. The molecular formula is C7H11F2N5. The van der Waals surface area contributed by atoms with E-state index in [4.69, 9.17) is 5.73 Å². The van der Waals surface area contributed by atoms with E-state index in [1.165, 1.54) is 4.68 Å². The fourth-order valence-corrected chi connectivity index (χ4v) is 1.62. The minimum absolute atomic E-state index is 0.0206.